The minimum atomic E-state index is -0.697. The molecule has 0 fully saturated rings. The van der Waals surface area contributed by atoms with Crippen molar-refractivity contribution in [1.29, 1.82) is 0 Å². The molecule has 11 heteroatoms. The number of ether oxygens (including phenoxy) is 1. The molecular formula is C29H33N5O6. The molecule has 0 aliphatic carbocycles. The third-order valence-electron chi connectivity index (χ3n) is 6.13. The van der Waals surface area contributed by atoms with Gasteiger partial charge in [0.15, 0.2) is 11.6 Å². The van der Waals surface area contributed by atoms with Crippen molar-refractivity contribution in [2.24, 2.45) is 0 Å². The smallest absolute Gasteiger partial charge is 0.407 e. The monoisotopic (exact) mass is 547 g/mol. The maximum absolute atomic E-state index is 13.1. The van der Waals surface area contributed by atoms with Crippen LogP contribution in [0.25, 0.3) is 11.4 Å². The van der Waals surface area contributed by atoms with Crippen LogP contribution < -0.4 is 5.32 Å². The maximum Gasteiger partial charge on any atom is 0.407 e. The fourth-order valence-corrected chi connectivity index (χ4v) is 4.03. The number of amides is 2. The number of carbonyl (C=O) groups is 2. The quantitative estimate of drug-likeness (QED) is 0.129. The van der Waals surface area contributed by atoms with Crippen molar-refractivity contribution in [3.8, 4) is 17.1 Å². The summed E-state index contributed by atoms with van der Waals surface area (Å²) in [6.45, 7) is 6.12. The Hall–Kier alpha value is -4.80. The zero-order valence-electron chi connectivity index (χ0n) is 22.6. The maximum atomic E-state index is 13.1. The van der Waals surface area contributed by atoms with Gasteiger partial charge in [-0.2, -0.15) is 0 Å². The lowest BCUT2D eigenvalue weighted by atomic mass is 10.1. The summed E-state index contributed by atoms with van der Waals surface area (Å²) < 4.78 is 5.31. The topological polar surface area (TPSA) is 148 Å². The number of benzene rings is 2. The van der Waals surface area contributed by atoms with E-state index in [1.807, 2.05) is 30.3 Å². The van der Waals surface area contributed by atoms with E-state index in [0.29, 0.717) is 37.1 Å². The first-order chi connectivity index (χ1) is 19.2. The van der Waals surface area contributed by atoms with Crippen LogP contribution in [-0.2, 0) is 11.3 Å². The first-order valence-electron chi connectivity index (χ1n) is 12.8. The normalized spacial score (nSPS) is 11.3. The molecule has 0 spiro atoms. The van der Waals surface area contributed by atoms with Gasteiger partial charge in [0.1, 0.15) is 12.3 Å². The minimum absolute atomic E-state index is 0.136. The van der Waals surface area contributed by atoms with Crippen LogP contribution >= 0.6 is 0 Å². The number of hydrogen-bond donors (Lipinski definition) is 2. The highest BCUT2D eigenvalue weighted by molar-refractivity contribution is 5.92. The highest BCUT2D eigenvalue weighted by atomic mass is 16.6. The lowest BCUT2D eigenvalue weighted by Gasteiger charge is -2.19. The number of nitro benzene ring substituents is 1. The van der Waals surface area contributed by atoms with Crippen molar-refractivity contribution in [3.63, 3.8) is 0 Å². The molecule has 0 aliphatic rings. The summed E-state index contributed by atoms with van der Waals surface area (Å²) in [6, 6.07) is 14.7. The molecule has 3 aromatic rings. The van der Waals surface area contributed by atoms with Crippen molar-refractivity contribution in [2.75, 3.05) is 13.6 Å². The predicted molar refractivity (Wildman–Crippen MR) is 150 cm³/mol. The van der Waals surface area contributed by atoms with Crippen LogP contribution in [0.4, 0.5) is 10.5 Å². The highest BCUT2D eigenvalue weighted by Gasteiger charge is 2.19. The van der Waals surface area contributed by atoms with E-state index < -0.39 is 22.5 Å². The van der Waals surface area contributed by atoms with Crippen molar-refractivity contribution < 1.29 is 24.4 Å². The largest absolute Gasteiger partial charge is 0.502 e. The van der Waals surface area contributed by atoms with Crippen LogP contribution in [0.15, 0.2) is 67.3 Å². The lowest BCUT2D eigenvalue weighted by Crippen LogP contribution is -2.35. The van der Waals surface area contributed by atoms with E-state index in [0.717, 1.165) is 12.0 Å². The van der Waals surface area contributed by atoms with Gasteiger partial charge in [-0.3, -0.25) is 14.9 Å². The van der Waals surface area contributed by atoms with Crippen LogP contribution in [0.1, 0.15) is 47.4 Å². The molecule has 3 rings (SSSR count). The number of nitrogens with zero attached hydrogens (tertiary/aromatic N) is 4. The highest BCUT2D eigenvalue weighted by Crippen LogP contribution is 2.30. The predicted octanol–water partition coefficient (Wildman–Crippen LogP) is 5.18. The number of aryl methyl sites for hydroxylation is 1. The summed E-state index contributed by atoms with van der Waals surface area (Å²) in [5.74, 6) is -0.630. The molecule has 0 aliphatic heterocycles. The third-order valence-corrected chi connectivity index (χ3v) is 6.13. The second-order valence-electron chi connectivity index (χ2n) is 9.33. The molecular weight excluding hydrogens is 514 g/mol. The van der Waals surface area contributed by atoms with Crippen LogP contribution in [0, 0.1) is 17.0 Å². The molecule has 1 aromatic heterocycles. The Morgan fingerprint density at radius 3 is 2.62 bits per heavy atom. The summed E-state index contributed by atoms with van der Waals surface area (Å²) in [6.07, 6.45) is 3.98. The number of hydrogen-bond acceptors (Lipinski definition) is 8. The molecule has 0 unspecified atom stereocenters. The van der Waals surface area contributed by atoms with E-state index in [2.05, 4.69) is 21.9 Å². The number of unbranched alkanes of at least 4 members (excludes halogenated alkanes) is 1. The van der Waals surface area contributed by atoms with Gasteiger partial charge >= 0.3 is 11.8 Å². The average molecular weight is 548 g/mol. The van der Waals surface area contributed by atoms with Crippen LogP contribution in [0.3, 0.4) is 0 Å². The molecule has 0 saturated carbocycles. The van der Waals surface area contributed by atoms with Gasteiger partial charge in [-0.15, -0.1) is 6.58 Å². The summed E-state index contributed by atoms with van der Waals surface area (Å²) >= 11 is 0. The van der Waals surface area contributed by atoms with Gasteiger partial charge in [-0.25, -0.2) is 14.8 Å². The molecule has 2 N–H and O–H groups in total. The Labute approximate surface area is 232 Å². The molecule has 2 amide bonds. The summed E-state index contributed by atoms with van der Waals surface area (Å²) in [5, 5.41) is 23.8. The molecule has 0 saturated heterocycles. The Balaban J connectivity index is 1.53. The lowest BCUT2D eigenvalue weighted by molar-refractivity contribution is -0.385. The van der Waals surface area contributed by atoms with Crippen LogP contribution in [0.2, 0.25) is 0 Å². The SMILES string of the molecule is C=CC[C@H](CCCCN(C)C(=O)c1cc(C)nc(-c2ccc(O)c([N+](=O)[O-])c2)n1)NC(=O)OCc1ccccc1. The number of rotatable bonds is 13. The first kappa shape index (κ1) is 29.8. The van der Waals surface area contributed by atoms with Gasteiger partial charge in [-0.1, -0.05) is 36.4 Å². The van der Waals surface area contributed by atoms with E-state index in [1.165, 1.54) is 18.2 Å². The van der Waals surface area contributed by atoms with Gasteiger partial charge in [0.25, 0.3) is 5.91 Å². The Morgan fingerprint density at radius 2 is 1.93 bits per heavy atom. The number of nitro groups is 1. The van der Waals surface area contributed by atoms with Crippen molar-refractivity contribution in [3.05, 3.63) is 94.3 Å². The Kier molecular flexibility index (Phi) is 10.7. The fraction of sp³-hybridized carbons (Fsp3) is 0.310. The zero-order chi connectivity index (χ0) is 29.1. The number of alkyl carbamates (subject to hydrolysis) is 1. The first-order valence-corrected chi connectivity index (χ1v) is 12.8. The van der Waals surface area contributed by atoms with Crippen molar-refractivity contribution in [2.45, 2.75) is 45.3 Å². The number of phenolic OH excluding ortho intramolecular Hbond substituents is 1. The van der Waals surface area contributed by atoms with Gasteiger partial charge in [0, 0.05) is 37.0 Å². The van der Waals surface area contributed by atoms with Crippen LogP contribution in [-0.4, -0.2) is 56.5 Å². The molecule has 1 atom stereocenters. The second-order valence-corrected chi connectivity index (χ2v) is 9.33. The number of nitrogens with one attached hydrogen (secondary N) is 1. The molecule has 210 valence electrons. The van der Waals surface area contributed by atoms with Crippen molar-refractivity contribution >= 4 is 17.7 Å². The molecule has 0 bridgehead atoms. The molecule has 2 aromatic carbocycles. The number of aromatic nitrogens is 2. The third kappa shape index (κ3) is 8.62. The average Bonchev–Trinajstić information content (AvgIpc) is 2.94. The number of phenols is 1. The Bertz CT molecular complexity index is 1350. The fourth-order valence-electron chi connectivity index (χ4n) is 4.03. The number of aromatic hydroxyl groups is 1. The summed E-state index contributed by atoms with van der Waals surface area (Å²) in [4.78, 5) is 46.0. The zero-order valence-corrected chi connectivity index (χ0v) is 22.6. The molecule has 40 heavy (non-hydrogen) atoms. The van der Waals surface area contributed by atoms with Gasteiger partial charge < -0.3 is 20.1 Å². The number of carbonyl (C=O) groups excluding carboxylic acids is 2. The van der Waals surface area contributed by atoms with Crippen LogP contribution in [0.5, 0.6) is 5.75 Å². The van der Waals surface area contributed by atoms with Gasteiger partial charge in [-0.05, 0) is 56.4 Å². The molecule has 1 heterocycles. The standard InChI is InChI=1S/C29H33N5O6/c1-4-10-23(31-29(37)40-19-21-11-6-5-7-12-21)13-8-9-16-33(3)28(36)24-17-20(2)30-27(32-24)22-14-15-26(35)25(18-22)34(38)39/h4-7,11-12,14-15,17-18,23,35H,1,8-10,13,16,19H2,2-3H3,(H,31,37)/t23-/m1/s1. The van der Waals surface area contributed by atoms with E-state index in [9.17, 15) is 24.8 Å². The molecule has 0 radical (unpaired) electrons. The van der Waals surface area contributed by atoms with E-state index >= 15 is 0 Å². The molecule has 11 nitrogen and oxygen atoms in total. The minimum Gasteiger partial charge on any atom is -0.502 e. The second kappa shape index (κ2) is 14.4. The van der Waals surface area contributed by atoms with E-state index in [1.54, 1.807) is 31.0 Å². The van der Waals surface area contributed by atoms with Gasteiger partial charge in [0.2, 0.25) is 0 Å². The summed E-state index contributed by atoms with van der Waals surface area (Å²) in [7, 11) is 1.67. The Morgan fingerprint density at radius 1 is 1.18 bits per heavy atom. The van der Waals surface area contributed by atoms with Crippen molar-refractivity contribution in [1.82, 2.24) is 20.2 Å². The van der Waals surface area contributed by atoms with E-state index in [4.69, 9.17) is 4.74 Å². The van der Waals surface area contributed by atoms with Gasteiger partial charge in [0.05, 0.1) is 4.92 Å². The van der Waals surface area contributed by atoms with E-state index in [-0.39, 0.29) is 30.1 Å². The summed E-state index contributed by atoms with van der Waals surface area (Å²) in [5.41, 5.74) is 1.43.